The van der Waals surface area contributed by atoms with Gasteiger partial charge in [0.05, 0.1) is 25.1 Å². The molecule has 0 saturated heterocycles. The number of carbonyl (C=O) groups excluding carboxylic acids is 2. The van der Waals surface area contributed by atoms with Gasteiger partial charge in [-0.2, -0.15) is 5.10 Å². The summed E-state index contributed by atoms with van der Waals surface area (Å²) >= 11 is 0. The van der Waals surface area contributed by atoms with E-state index in [0.717, 1.165) is 36.9 Å². The van der Waals surface area contributed by atoms with Gasteiger partial charge < -0.3 is 10.1 Å². The van der Waals surface area contributed by atoms with Gasteiger partial charge in [-0.15, -0.1) is 5.10 Å². The lowest BCUT2D eigenvalue weighted by Gasteiger charge is -2.10. The van der Waals surface area contributed by atoms with Crippen molar-refractivity contribution in [1.82, 2.24) is 10.2 Å². The molecule has 6 heteroatoms. The molecule has 0 spiro atoms. The number of hydrogen-bond donors (Lipinski definition) is 1. The lowest BCUT2D eigenvalue weighted by molar-refractivity contribution is -0.145. The van der Waals surface area contributed by atoms with Gasteiger partial charge in [0.25, 0.3) is 0 Å². The molecule has 136 valence electrons. The molecule has 0 radical (unpaired) electrons. The first kappa shape index (κ1) is 18.0. The predicted molar refractivity (Wildman–Crippen MR) is 97.4 cm³/mol. The van der Waals surface area contributed by atoms with Crippen LogP contribution < -0.4 is 5.32 Å². The Labute approximate surface area is 153 Å². The number of methoxy groups -OCH3 is 1. The molecule has 6 nitrogen and oxygen atoms in total. The summed E-state index contributed by atoms with van der Waals surface area (Å²) in [6, 6.07) is 13.2. The van der Waals surface area contributed by atoms with Crippen LogP contribution in [-0.2, 0) is 27.2 Å². The van der Waals surface area contributed by atoms with Crippen molar-refractivity contribution in [2.75, 3.05) is 12.4 Å². The van der Waals surface area contributed by atoms with Crippen LogP contribution in [0.5, 0.6) is 0 Å². The van der Waals surface area contributed by atoms with Crippen molar-refractivity contribution in [2.45, 2.75) is 32.1 Å². The monoisotopic (exact) mass is 353 g/mol. The van der Waals surface area contributed by atoms with E-state index >= 15 is 0 Å². The number of ether oxygens (including phenoxy) is 1. The summed E-state index contributed by atoms with van der Waals surface area (Å²) in [7, 11) is 1.44. The Bertz CT molecular complexity index is 747. The SMILES string of the molecule is COC(=O)C1CCC(Cc2ccc(NC(=O)Cc3ccccc3)nn2)C1. The number of benzene rings is 1. The first-order valence-corrected chi connectivity index (χ1v) is 8.88. The summed E-state index contributed by atoms with van der Waals surface area (Å²) in [4.78, 5) is 23.7. The maximum atomic E-state index is 12.1. The van der Waals surface area contributed by atoms with Gasteiger partial charge in [0.1, 0.15) is 0 Å². The molecule has 1 aromatic heterocycles. The van der Waals surface area contributed by atoms with Crippen molar-refractivity contribution in [2.24, 2.45) is 11.8 Å². The van der Waals surface area contributed by atoms with E-state index in [2.05, 4.69) is 15.5 Å². The van der Waals surface area contributed by atoms with Crippen molar-refractivity contribution in [3.8, 4) is 0 Å². The van der Waals surface area contributed by atoms with Crippen LogP contribution in [0.1, 0.15) is 30.5 Å². The van der Waals surface area contributed by atoms with E-state index in [1.165, 1.54) is 7.11 Å². The van der Waals surface area contributed by atoms with Gasteiger partial charge in [0.15, 0.2) is 5.82 Å². The minimum Gasteiger partial charge on any atom is -0.469 e. The minimum absolute atomic E-state index is 0.00880. The highest BCUT2D eigenvalue weighted by atomic mass is 16.5. The number of nitrogens with zero attached hydrogens (tertiary/aromatic N) is 2. The van der Waals surface area contributed by atoms with Gasteiger partial charge in [0.2, 0.25) is 5.91 Å². The average Bonchev–Trinajstić information content (AvgIpc) is 3.12. The molecule has 1 heterocycles. The van der Waals surface area contributed by atoms with Crippen LogP contribution in [-0.4, -0.2) is 29.2 Å². The topological polar surface area (TPSA) is 81.2 Å². The van der Waals surface area contributed by atoms with Crippen LogP contribution >= 0.6 is 0 Å². The lowest BCUT2D eigenvalue weighted by atomic mass is 10.00. The molecule has 0 aliphatic heterocycles. The van der Waals surface area contributed by atoms with E-state index in [9.17, 15) is 9.59 Å². The van der Waals surface area contributed by atoms with Crippen LogP contribution in [0, 0.1) is 11.8 Å². The fraction of sp³-hybridized carbons (Fsp3) is 0.400. The molecule has 1 fully saturated rings. The third-order valence-electron chi connectivity index (χ3n) is 4.77. The first-order valence-electron chi connectivity index (χ1n) is 8.88. The summed E-state index contributed by atoms with van der Waals surface area (Å²) < 4.78 is 4.82. The van der Waals surface area contributed by atoms with E-state index < -0.39 is 0 Å². The quantitative estimate of drug-likeness (QED) is 0.808. The fourth-order valence-corrected chi connectivity index (χ4v) is 3.44. The number of nitrogens with one attached hydrogen (secondary N) is 1. The highest BCUT2D eigenvalue weighted by Crippen LogP contribution is 2.33. The zero-order valence-corrected chi connectivity index (χ0v) is 14.9. The lowest BCUT2D eigenvalue weighted by Crippen LogP contribution is -2.16. The van der Waals surface area contributed by atoms with Crippen molar-refractivity contribution >= 4 is 17.7 Å². The van der Waals surface area contributed by atoms with Gasteiger partial charge >= 0.3 is 5.97 Å². The van der Waals surface area contributed by atoms with Gasteiger partial charge in [-0.3, -0.25) is 9.59 Å². The second-order valence-electron chi connectivity index (χ2n) is 6.72. The molecular formula is C20H23N3O3. The summed E-state index contributed by atoms with van der Waals surface area (Å²) in [5.74, 6) is 0.653. The normalized spacial score (nSPS) is 19.1. The average molecular weight is 353 g/mol. The molecule has 1 aliphatic rings. The maximum absolute atomic E-state index is 12.1. The number of carbonyl (C=O) groups is 2. The van der Waals surface area contributed by atoms with Gasteiger partial charge in [-0.25, -0.2) is 0 Å². The summed E-state index contributed by atoms with van der Waals surface area (Å²) in [5, 5.41) is 11.1. The van der Waals surface area contributed by atoms with Crippen LogP contribution in [0.3, 0.4) is 0 Å². The maximum Gasteiger partial charge on any atom is 0.308 e. The zero-order chi connectivity index (χ0) is 18.4. The molecule has 2 aromatic rings. The van der Waals surface area contributed by atoms with Crippen molar-refractivity contribution in [1.29, 1.82) is 0 Å². The number of amides is 1. The number of rotatable bonds is 6. The van der Waals surface area contributed by atoms with E-state index in [1.54, 1.807) is 6.07 Å². The Balaban J connectivity index is 1.49. The molecular weight excluding hydrogens is 330 g/mol. The molecule has 1 amide bonds. The number of aromatic nitrogens is 2. The summed E-state index contributed by atoms with van der Waals surface area (Å²) in [5.41, 5.74) is 1.83. The largest absolute Gasteiger partial charge is 0.469 e. The van der Waals surface area contributed by atoms with Crippen LogP contribution in [0.25, 0.3) is 0 Å². The molecule has 3 rings (SSSR count). The van der Waals surface area contributed by atoms with Gasteiger partial charge in [-0.05, 0) is 49.3 Å². The van der Waals surface area contributed by atoms with E-state index in [4.69, 9.17) is 4.74 Å². The second kappa shape index (κ2) is 8.56. The third-order valence-corrected chi connectivity index (χ3v) is 4.77. The molecule has 0 bridgehead atoms. The molecule has 1 aliphatic carbocycles. The molecule has 1 saturated carbocycles. The smallest absolute Gasteiger partial charge is 0.308 e. The van der Waals surface area contributed by atoms with E-state index in [-0.39, 0.29) is 17.8 Å². The molecule has 2 unspecified atom stereocenters. The molecule has 1 N–H and O–H groups in total. The fourth-order valence-electron chi connectivity index (χ4n) is 3.44. The second-order valence-corrected chi connectivity index (χ2v) is 6.72. The highest BCUT2D eigenvalue weighted by Gasteiger charge is 2.30. The van der Waals surface area contributed by atoms with Crippen LogP contribution in [0.15, 0.2) is 42.5 Å². The first-order chi connectivity index (χ1) is 12.6. The molecule has 1 aromatic carbocycles. The highest BCUT2D eigenvalue weighted by molar-refractivity contribution is 5.91. The predicted octanol–water partition coefficient (Wildman–Crippen LogP) is 2.79. The van der Waals surface area contributed by atoms with E-state index in [1.807, 2.05) is 36.4 Å². The van der Waals surface area contributed by atoms with Crippen LogP contribution in [0.2, 0.25) is 0 Å². The summed E-state index contributed by atoms with van der Waals surface area (Å²) in [6.07, 6.45) is 3.80. The number of hydrogen-bond acceptors (Lipinski definition) is 5. The van der Waals surface area contributed by atoms with Crippen molar-refractivity contribution < 1.29 is 14.3 Å². The number of anilines is 1. The molecule has 26 heavy (non-hydrogen) atoms. The Kier molecular flexibility index (Phi) is 5.94. The third kappa shape index (κ3) is 4.88. The van der Waals surface area contributed by atoms with Crippen molar-refractivity contribution in [3.05, 3.63) is 53.7 Å². The van der Waals surface area contributed by atoms with Crippen LogP contribution in [0.4, 0.5) is 5.82 Å². The number of esters is 1. The van der Waals surface area contributed by atoms with Crippen molar-refractivity contribution in [3.63, 3.8) is 0 Å². The molecule has 2 atom stereocenters. The minimum atomic E-state index is -0.116. The van der Waals surface area contributed by atoms with Gasteiger partial charge in [0, 0.05) is 0 Å². The Morgan fingerprint density at radius 2 is 1.92 bits per heavy atom. The Hall–Kier alpha value is -2.76. The Morgan fingerprint density at radius 1 is 1.12 bits per heavy atom. The Morgan fingerprint density at radius 3 is 2.62 bits per heavy atom. The zero-order valence-electron chi connectivity index (χ0n) is 14.9. The van der Waals surface area contributed by atoms with E-state index in [0.29, 0.717) is 18.2 Å². The summed E-state index contributed by atoms with van der Waals surface area (Å²) in [6.45, 7) is 0. The van der Waals surface area contributed by atoms with Gasteiger partial charge in [-0.1, -0.05) is 30.3 Å². The standard InChI is InChI=1S/C20H23N3O3/c1-26-20(25)16-8-7-15(11-16)12-17-9-10-18(23-22-17)21-19(24)13-14-5-3-2-4-6-14/h2-6,9-10,15-16H,7-8,11-13H2,1H3,(H,21,23,24).